The summed E-state index contributed by atoms with van der Waals surface area (Å²) >= 11 is 0. The Morgan fingerprint density at radius 2 is 1.79 bits per heavy atom. The van der Waals surface area contributed by atoms with Crippen LogP contribution in [0.1, 0.15) is 43.0 Å². The average Bonchev–Trinajstić information content (AvgIpc) is 2.76. The lowest BCUT2D eigenvalue weighted by atomic mass is 9.94. The molecule has 2 amide bonds. The largest absolute Gasteiger partial charge is 0.466 e. The molecule has 0 aliphatic carbocycles. The van der Waals surface area contributed by atoms with Crippen molar-refractivity contribution in [1.29, 1.82) is 0 Å². The monoisotopic (exact) mass is 396 g/mol. The van der Waals surface area contributed by atoms with Crippen LogP contribution in [0.4, 0.5) is 0 Å². The number of likely N-dealkylation sites (tertiary alicyclic amines) is 1. The van der Waals surface area contributed by atoms with Gasteiger partial charge in [0, 0.05) is 37.5 Å². The molecule has 154 valence electrons. The molecule has 1 aliphatic rings. The van der Waals surface area contributed by atoms with E-state index in [4.69, 9.17) is 4.74 Å². The molecule has 1 fully saturated rings. The number of hydrogen-bond acceptors (Lipinski definition) is 4. The van der Waals surface area contributed by atoms with E-state index >= 15 is 0 Å². The standard InChI is InChI=1S/C23H28N2O4/c1-2-29-21(26)11-6-14-24-22(27)18-12-15-25(16-13-18)23(28)20-10-5-8-17-7-3-4-9-19(17)20/h3-5,7-10,18H,2,6,11-16H2,1H3,(H,24,27). The van der Waals surface area contributed by atoms with Crippen LogP contribution in [0, 0.1) is 5.92 Å². The molecule has 29 heavy (non-hydrogen) atoms. The summed E-state index contributed by atoms with van der Waals surface area (Å²) in [5, 5.41) is 4.91. The van der Waals surface area contributed by atoms with Crippen LogP contribution >= 0.6 is 0 Å². The van der Waals surface area contributed by atoms with Gasteiger partial charge >= 0.3 is 5.97 Å². The van der Waals surface area contributed by atoms with Crippen molar-refractivity contribution in [3.05, 3.63) is 48.0 Å². The number of esters is 1. The van der Waals surface area contributed by atoms with Gasteiger partial charge in [0.25, 0.3) is 5.91 Å². The second-order valence-electron chi connectivity index (χ2n) is 7.29. The first-order chi connectivity index (χ1) is 14.1. The summed E-state index contributed by atoms with van der Waals surface area (Å²) in [6.07, 6.45) is 2.19. The fourth-order valence-corrected chi connectivity index (χ4v) is 3.75. The molecular formula is C23H28N2O4. The molecule has 0 unspecified atom stereocenters. The Bertz CT molecular complexity index is 867. The topological polar surface area (TPSA) is 75.7 Å². The minimum Gasteiger partial charge on any atom is -0.466 e. The summed E-state index contributed by atoms with van der Waals surface area (Å²) in [5.74, 6) is -0.294. The third-order valence-electron chi connectivity index (χ3n) is 5.34. The maximum Gasteiger partial charge on any atom is 0.305 e. The van der Waals surface area contributed by atoms with Crippen LogP contribution in [0.2, 0.25) is 0 Å². The number of amides is 2. The second-order valence-corrected chi connectivity index (χ2v) is 7.29. The summed E-state index contributed by atoms with van der Waals surface area (Å²) in [5.41, 5.74) is 0.713. The fraction of sp³-hybridized carbons (Fsp3) is 0.435. The van der Waals surface area contributed by atoms with E-state index in [0.29, 0.717) is 57.5 Å². The quantitative estimate of drug-likeness (QED) is 0.576. The van der Waals surface area contributed by atoms with E-state index in [2.05, 4.69) is 5.32 Å². The highest BCUT2D eigenvalue weighted by molar-refractivity contribution is 6.07. The van der Waals surface area contributed by atoms with E-state index in [1.165, 1.54) is 0 Å². The highest BCUT2D eigenvalue weighted by Gasteiger charge is 2.28. The van der Waals surface area contributed by atoms with Crippen LogP contribution in [0.15, 0.2) is 42.5 Å². The van der Waals surface area contributed by atoms with Crippen molar-refractivity contribution >= 4 is 28.6 Å². The van der Waals surface area contributed by atoms with Crippen molar-refractivity contribution in [1.82, 2.24) is 10.2 Å². The van der Waals surface area contributed by atoms with E-state index in [1.54, 1.807) is 6.92 Å². The van der Waals surface area contributed by atoms with Gasteiger partial charge in [-0.25, -0.2) is 0 Å². The van der Waals surface area contributed by atoms with Crippen LogP contribution in [-0.2, 0) is 14.3 Å². The Hall–Kier alpha value is -2.89. The first-order valence-electron chi connectivity index (χ1n) is 10.3. The van der Waals surface area contributed by atoms with Gasteiger partial charge in [-0.3, -0.25) is 14.4 Å². The molecule has 3 rings (SSSR count). The number of carbonyl (C=O) groups is 3. The molecule has 1 saturated heterocycles. The lowest BCUT2D eigenvalue weighted by Crippen LogP contribution is -2.43. The third-order valence-corrected chi connectivity index (χ3v) is 5.34. The van der Waals surface area contributed by atoms with Gasteiger partial charge in [-0.2, -0.15) is 0 Å². The number of piperidine rings is 1. The van der Waals surface area contributed by atoms with E-state index in [1.807, 2.05) is 47.4 Å². The van der Waals surface area contributed by atoms with Gasteiger partial charge in [0.2, 0.25) is 5.91 Å². The molecule has 0 bridgehead atoms. The molecule has 0 aromatic heterocycles. The lowest BCUT2D eigenvalue weighted by Gasteiger charge is -2.31. The predicted molar refractivity (Wildman–Crippen MR) is 111 cm³/mol. The average molecular weight is 396 g/mol. The van der Waals surface area contributed by atoms with Crippen LogP contribution in [0.3, 0.4) is 0 Å². The number of fused-ring (bicyclic) bond motifs is 1. The molecule has 0 spiro atoms. The van der Waals surface area contributed by atoms with Crippen molar-refractivity contribution in [3.63, 3.8) is 0 Å². The Morgan fingerprint density at radius 3 is 2.55 bits per heavy atom. The second kappa shape index (κ2) is 10.0. The molecule has 1 heterocycles. The normalized spacial score (nSPS) is 14.6. The number of ether oxygens (including phenoxy) is 1. The third kappa shape index (κ3) is 5.34. The van der Waals surface area contributed by atoms with Crippen molar-refractivity contribution in [2.24, 2.45) is 5.92 Å². The summed E-state index contributed by atoms with van der Waals surface area (Å²) in [6.45, 7) is 3.76. The molecule has 1 aliphatic heterocycles. The number of hydrogen-bond donors (Lipinski definition) is 1. The first-order valence-corrected chi connectivity index (χ1v) is 10.3. The number of carbonyl (C=O) groups excluding carboxylic acids is 3. The zero-order valence-electron chi connectivity index (χ0n) is 16.9. The molecule has 2 aromatic rings. The fourth-order valence-electron chi connectivity index (χ4n) is 3.75. The maximum atomic E-state index is 13.0. The first kappa shape index (κ1) is 20.8. The number of nitrogens with one attached hydrogen (secondary N) is 1. The number of benzene rings is 2. The summed E-state index contributed by atoms with van der Waals surface area (Å²) < 4.78 is 4.87. The Labute approximate surface area is 171 Å². The number of nitrogens with zero attached hydrogens (tertiary/aromatic N) is 1. The Morgan fingerprint density at radius 1 is 1.07 bits per heavy atom. The van der Waals surface area contributed by atoms with Gasteiger partial charge < -0.3 is 15.0 Å². The van der Waals surface area contributed by atoms with E-state index in [9.17, 15) is 14.4 Å². The highest BCUT2D eigenvalue weighted by Crippen LogP contribution is 2.23. The van der Waals surface area contributed by atoms with Crippen LogP contribution < -0.4 is 5.32 Å². The molecule has 0 radical (unpaired) electrons. The molecule has 6 heteroatoms. The molecule has 2 aromatic carbocycles. The molecule has 1 N–H and O–H groups in total. The Kier molecular flexibility index (Phi) is 7.22. The molecular weight excluding hydrogens is 368 g/mol. The Balaban J connectivity index is 1.48. The van der Waals surface area contributed by atoms with Gasteiger partial charge in [-0.05, 0) is 43.0 Å². The van der Waals surface area contributed by atoms with Gasteiger partial charge in [0.15, 0.2) is 0 Å². The van der Waals surface area contributed by atoms with Gasteiger partial charge in [-0.15, -0.1) is 0 Å². The van der Waals surface area contributed by atoms with Gasteiger partial charge in [0.05, 0.1) is 6.61 Å². The zero-order valence-corrected chi connectivity index (χ0v) is 16.9. The summed E-state index contributed by atoms with van der Waals surface area (Å²) in [6, 6.07) is 13.7. The van der Waals surface area contributed by atoms with Crippen molar-refractivity contribution in [3.8, 4) is 0 Å². The summed E-state index contributed by atoms with van der Waals surface area (Å²) in [4.78, 5) is 38.5. The van der Waals surface area contributed by atoms with Crippen LogP contribution in [0.5, 0.6) is 0 Å². The highest BCUT2D eigenvalue weighted by atomic mass is 16.5. The zero-order chi connectivity index (χ0) is 20.6. The van der Waals surface area contributed by atoms with E-state index in [-0.39, 0.29) is 23.7 Å². The van der Waals surface area contributed by atoms with Crippen molar-refractivity contribution < 1.29 is 19.1 Å². The van der Waals surface area contributed by atoms with Gasteiger partial charge in [-0.1, -0.05) is 36.4 Å². The van der Waals surface area contributed by atoms with Crippen molar-refractivity contribution in [2.45, 2.75) is 32.6 Å². The maximum absolute atomic E-state index is 13.0. The molecule has 0 saturated carbocycles. The minimum atomic E-state index is -0.234. The van der Waals surface area contributed by atoms with Crippen molar-refractivity contribution in [2.75, 3.05) is 26.2 Å². The molecule has 0 atom stereocenters. The van der Waals surface area contributed by atoms with Crippen LogP contribution in [0.25, 0.3) is 10.8 Å². The predicted octanol–water partition coefficient (Wildman–Crippen LogP) is 3.15. The molecule has 6 nitrogen and oxygen atoms in total. The van der Waals surface area contributed by atoms with E-state index in [0.717, 1.165) is 10.8 Å². The van der Waals surface area contributed by atoms with Crippen LogP contribution in [-0.4, -0.2) is 48.9 Å². The smallest absolute Gasteiger partial charge is 0.305 e. The minimum absolute atomic E-state index is 0.00567. The van der Waals surface area contributed by atoms with Gasteiger partial charge in [0.1, 0.15) is 0 Å². The summed E-state index contributed by atoms with van der Waals surface area (Å²) in [7, 11) is 0. The van der Waals surface area contributed by atoms with E-state index < -0.39 is 0 Å². The lowest BCUT2D eigenvalue weighted by molar-refractivity contribution is -0.143. The number of rotatable bonds is 7. The SMILES string of the molecule is CCOC(=O)CCCNC(=O)C1CCN(C(=O)c2cccc3ccccc23)CC1.